The van der Waals surface area contributed by atoms with Crippen LogP contribution in [0.4, 0.5) is 0 Å². The summed E-state index contributed by atoms with van der Waals surface area (Å²) in [5, 5.41) is 0. The molecule has 0 N–H and O–H groups in total. The molecule has 0 fully saturated rings. The molecule has 1 rings (SSSR count). The summed E-state index contributed by atoms with van der Waals surface area (Å²) in [6.45, 7) is 4.29. The van der Waals surface area contributed by atoms with Crippen LogP contribution in [-0.2, 0) is 0 Å². The van der Waals surface area contributed by atoms with Gasteiger partial charge in [-0.1, -0.05) is 38.1 Å². The summed E-state index contributed by atoms with van der Waals surface area (Å²) in [6, 6.07) is 7.86. The Hall–Kier alpha value is -0.760. The molecule has 0 atom stereocenters. The number of rotatable bonds is 4. The van der Waals surface area contributed by atoms with Crippen LogP contribution in [0.1, 0.15) is 42.1 Å². The zero-order valence-electron chi connectivity index (χ0n) is 8.66. The van der Waals surface area contributed by atoms with Gasteiger partial charge in [-0.3, -0.25) is 4.79 Å². The number of hydrogen-bond donors (Lipinski definition) is 1. The van der Waals surface area contributed by atoms with E-state index in [1.54, 1.807) is 0 Å². The molecular weight excluding hydrogens is 192 g/mol. The molecule has 0 radical (unpaired) electrons. The molecule has 76 valence electrons. The molecule has 0 spiro atoms. The van der Waals surface area contributed by atoms with Crippen molar-refractivity contribution in [3.8, 4) is 0 Å². The van der Waals surface area contributed by atoms with Crippen LogP contribution in [0.2, 0.25) is 0 Å². The standard InChI is InChI=1S/C12H16OS/c1-9(2)10-3-5-11(6-4-10)12(13)7-8-14/h3-6,9,14H,7-8H2,1-2H3. The normalized spacial score (nSPS) is 10.6. The van der Waals surface area contributed by atoms with Gasteiger partial charge >= 0.3 is 0 Å². The first-order valence-corrected chi connectivity index (χ1v) is 5.52. The minimum absolute atomic E-state index is 0.176. The van der Waals surface area contributed by atoms with Crippen LogP contribution in [0.3, 0.4) is 0 Å². The summed E-state index contributed by atoms with van der Waals surface area (Å²) in [7, 11) is 0. The number of ketones is 1. The van der Waals surface area contributed by atoms with E-state index in [2.05, 4.69) is 26.5 Å². The number of Topliss-reactive ketones (excluding diaryl/α,β-unsaturated/α-hetero) is 1. The Balaban J connectivity index is 2.78. The maximum Gasteiger partial charge on any atom is 0.163 e. The predicted molar refractivity (Wildman–Crippen MR) is 63.3 cm³/mol. The molecule has 0 unspecified atom stereocenters. The van der Waals surface area contributed by atoms with Crippen molar-refractivity contribution in [1.82, 2.24) is 0 Å². The second-order valence-corrected chi connectivity index (χ2v) is 4.12. The summed E-state index contributed by atoms with van der Waals surface area (Å²) < 4.78 is 0. The highest BCUT2D eigenvalue weighted by Gasteiger charge is 2.05. The third kappa shape index (κ3) is 2.88. The van der Waals surface area contributed by atoms with E-state index < -0.39 is 0 Å². The predicted octanol–water partition coefficient (Wildman–Crippen LogP) is 3.31. The van der Waals surface area contributed by atoms with Gasteiger partial charge in [0.05, 0.1) is 0 Å². The van der Waals surface area contributed by atoms with E-state index in [0.29, 0.717) is 18.1 Å². The van der Waals surface area contributed by atoms with Crippen LogP contribution in [0.15, 0.2) is 24.3 Å². The number of hydrogen-bond acceptors (Lipinski definition) is 2. The van der Waals surface area contributed by atoms with Crippen LogP contribution in [0.5, 0.6) is 0 Å². The highest BCUT2D eigenvalue weighted by molar-refractivity contribution is 7.80. The third-order valence-electron chi connectivity index (χ3n) is 2.24. The molecule has 0 amide bonds. The molecule has 0 saturated heterocycles. The van der Waals surface area contributed by atoms with Crippen LogP contribution in [0.25, 0.3) is 0 Å². The van der Waals surface area contributed by atoms with E-state index in [1.807, 2.05) is 24.3 Å². The zero-order valence-corrected chi connectivity index (χ0v) is 9.55. The first-order chi connectivity index (χ1) is 6.65. The lowest BCUT2D eigenvalue weighted by Gasteiger charge is -2.05. The first kappa shape index (κ1) is 11.3. The van der Waals surface area contributed by atoms with Crippen molar-refractivity contribution in [3.63, 3.8) is 0 Å². The second kappa shape index (κ2) is 5.20. The van der Waals surface area contributed by atoms with E-state index >= 15 is 0 Å². The molecule has 0 saturated carbocycles. The van der Waals surface area contributed by atoms with E-state index in [0.717, 1.165) is 5.56 Å². The summed E-state index contributed by atoms with van der Waals surface area (Å²) >= 11 is 4.04. The van der Waals surface area contributed by atoms with Crippen molar-refractivity contribution in [2.75, 3.05) is 5.75 Å². The minimum Gasteiger partial charge on any atom is -0.294 e. The SMILES string of the molecule is CC(C)c1ccc(C(=O)CCS)cc1. The average molecular weight is 208 g/mol. The summed E-state index contributed by atoms with van der Waals surface area (Å²) in [6.07, 6.45) is 0.518. The Morgan fingerprint density at radius 2 is 1.86 bits per heavy atom. The van der Waals surface area contributed by atoms with Crippen molar-refractivity contribution in [1.29, 1.82) is 0 Å². The lowest BCUT2D eigenvalue weighted by molar-refractivity contribution is 0.0989. The van der Waals surface area contributed by atoms with Gasteiger partial charge in [0.25, 0.3) is 0 Å². The lowest BCUT2D eigenvalue weighted by atomic mass is 10.00. The Kier molecular flexibility index (Phi) is 4.21. The number of benzene rings is 1. The average Bonchev–Trinajstić information content (AvgIpc) is 2.18. The van der Waals surface area contributed by atoms with Gasteiger partial charge in [-0.25, -0.2) is 0 Å². The Labute approximate surface area is 90.9 Å². The van der Waals surface area contributed by atoms with Gasteiger partial charge in [-0.05, 0) is 17.2 Å². The number of thiol groups is 1. The largest absolute Gasteiger partial charge is 0.294 e. The minimum atomic E-state index is 0.176. The van der Waals surface area contributed by atoms with Crippen molar-refractivity contribution >= 4 is 18.4 Å². The van der Waals surface area contributed by atoms with Crippen molar-refractivity contribution in [2.24, 2.45) is 0 Å². The Bertz CT molecular complexity index is 301. The maximum atomic E-state index is 11.5. The fourth-order valence-electron chi connectivity index (χ4n) is 1.30. The van der Waals surface area contributed by atoms with Gasteiger partial charge in [0.2, 0.25) is 0 Å². The molecule has 0 bridgehead atoms. The highest BCUT2D eigenvalue weighted by Crippen LogP contribution is 2.15. The van der Waals surface area contributed by atoms with Gasteiger partial charge < -0.3 is 0 Å². The Morgan fingerprint density at radius 3 is 2.29 bits per heavy atom. The maximum absolute atomic E-state index is 11.5. The lowest BCUT2D eigenvalue weighted by Crippen LogP contribution is -2.00. The Morgan fingerprint density at radius 1 is 1.29 bits per heavy atom. The fourth-order valence-corrected chi connectivity index (χ4v) is 1.50. The van der Waals surface area contributed by atoms with Crippen molar-refractivity contribution in [3.05, 3.63) is 35.4 Å². The van der Waals surface area contributed by atoms with E-state index in [9.17, 15) is 4.79 Å². The van der Waals surface area contributed by atoms with Crippen LogP contribution >= 0.6 is 12.6 Å². The monoisotopic (exact) mass is 208 g/mol. The van der Waals surface area contributed by atoms with Gasteiger partial charge in [0.15, 0.2) is 5.78 Å². The van der Waals surface area contributed by atoms with Crippen LogP contribution < -0.4 is 0 Å². The topological polar surface area (TPSA) is 17.1 Å². The molecule has 0 heterocycles. The summed E-state index contributed by atoms with van der Waals surface area (Å²) in [5.74, 6) is 1.31. The third-order valence-corrected chi connectivity index (χ3v) is 2.46. The second-order valence-electron chi connectivity index (χ2n) is 3.67. The van der Waals surface area contributed by atoms with Gasteiger partial charge in [0.1, 0.15) is 0 Å². The summed E-state index contributed by atoms with van der Waals surface area (Å²) in [4.78, 5) is 11.5. The molecule has 0 aliphatic rings. The molecule has 2 heteroatoms. The van der Waals surface area contributed by atoms with Gasteiger partial charge in [-0.2, -0.15) is 12.6 Å². The molecular formula is C12H16OS. The van der Waals surface area contributed by atoms with E-state index in [-0.39, 0.29) is 5.78 Å². The van der Waals surface area contributed by atoms with Crippen molar-refractivity contribution in [2.45, 2.75) is 26.2 Å². The molecule has 14 heavy (non-hydrogen) atoms. The highest BCUT2D eigenvalue weighted by atomic mass is 32.1. The molecule has 0 aliphatic carbocycles. The van der Waals surface area contributed by atoms with E-state index in [1.165, 1.54) is 5.56 Å². The fraction of sp³-hybridized carbons (Fsp3) is 0.417. The van der Waals surface area contributed by atoms with Gasteiger partial charge in [-0.15, -0.1) is 0 Å². The quantitative estimate of drug-likeness (QED) is 0.593. The number of carbonyl (C=O) groups is 1. The van der Waals surface area contributed by atoms with Gasteiger partial charge in [0, 0.05) is 12.0 Å². The molecule has 0 aromatic heterocycles. The van der Waals surface area contributed by atoms with E-state index in [4.69, 9.17) is 0 Å². The summed E-state index contributed by atoms with van der Waals surface area (Å²) in [5.41, 5.74) is 2.07. The number of carbonyl (C=O) groups excluding carboxylic acids is 1. The molecule has 0 aliphatic heterocycles. The molecule has 1 aromatic carbocycles. The van der Waals surface area contributed by atoms with Crippen molar-refractivity contribution < 1.29 is 4.79 Å². The molecule has 1 aromatic rings. The van der Waals surface area contributed by atoms with Crippen LogP contribution in [-0.4, -0.2) is 11.5 Å². The molecule has 1 nitrogen and oxygen atoms in total. The first-order valence-electron chi connectivity index (χ1n) is 4.89. The zero-order chi connectivity index (χ0) is 10.6. The van der Waals surface area contributed by atoms with Crippen LogP contribution in [0, 0.1) is 0 Å². The smallest absolute Gasteiger partial charge is 0.163 e.